The Morgan fingerprint density at radius 2 is 1.84 bits per heavy atom. The lowest BCUT2D eigenvalue weighted by atomic mass is 10.1. The van der Waals surface area contributed by atoms with E-state index in [0.717, 1.165) is 11.3 Å². The molecule has 0 saturated carbocycles. The number of amides is 1. The third-order valence-corrected chi connectivity index (χ3v) is 5.87. The number of carbonyl (C=O) groups is 2. The molecule has 0 aliphatic heterocycles. The molecule has 0 spiro atoms. The van der Waals surface area contributed by atoms with Gasteiger partial charge in [0.05, 0.1) is 17.0 Å². The summed E-state index contributed by atoms with van der Waals surface area (Å²) in [6, 6.07) is 16.2. The first-order chi connectivity index (χ1) is 15.3. The highest BCUT2D eigenvalue weighted by molar-refractivity contribution is 7.99. The highest BCUT2D eigenvalue weighted by Gasteiger charge is 2.16. The van der Waals surface area contributed by atoms with Crippen molar-refractivity contribution < 1.29 is 9.59 Å². The van der Waals surface area contributed by atoms with Crippen molar-refractivity contribution in [1.82, 2.24) is 14.5 Å². The summed E-state index contributed by atoms with van der Waals surface area (Å²) in [5, 5.41) is 3.23. The quantitative estimate of drug-likeness (QED) is 0.262. The van der Waals surface area contributed by atoms with E-state index in [1.165, 1.54) is 23.3 Å². The number of H-pyrrole nitrogens is 1. The van der Waals surface area contributed by atoms with Crippen molar-refractivity contribution >= 4 is 40.2 Å². The Morgan fingerprint density at radius 3 is 2.56 bits per heavy atom. The number of Topliss-reactive ketones (excluding diaryl/α,β-unsaturated/α-hetero) is 1. The van der Waals surface area contributed by atoms with Gasteiger partial charge in [-0.1, -0.05) is 41.6 Å². The Morgan fingerprint density at radius 1 is 1.09 bits per heavy atom. The SMILES string of the molecule is CC(=O)c1cccc(NC(=O)CSc2nc3cc(C)[nH]c3c(=O)n2-c2ccc(C)cc2)c1. The second-order valence-corrected chi connectivity index (χ2v) is 8.50. The van der Waals surface area contributed by atoms with Gasteiger partial charge in [-0.05, 0) is 51.1 Å². The zero-order chi connectivity index (χ0) is 22.8. The van der Waals surface area contributed by atoms with Crippen molar-refractivity contribution in [2.24, 2.45) is 0 Å². The van der Waals surface area contributed by atoms with Crippen LogP contribution < -0.4 is 10.9 Å². The van der Waals surface area contributed by atoms with E-state index in [9.17, 15) is 14.4 Å². The predicted molar refractivity (Wildman–Crippen MR) is 127 cm³/mol. The van der Waals surface area contributed by atoms with E-state index in [-0.39, 0.29) is 23.0 Å². The molecule has 4 rings (SSSR count). The molecule has 162 valence electrons. The van der Waals surface area contributed by atoms with E-state index in [1.54, 1.807) is 24.3 Å². The Bertz CT molecular complexity index is 1390. The number of nitrogens with one attached hydrogen (secondary N) is 2. The minimum atomic E-state index is -0.259. The molecule has 1 amide bonds. The molecule has 4 aromatic rings. The molecule has 0 radical (unpaired) electrons. The molecule has 0 aliphatic carbocycles. The fraction of sp³-hybridized carbons (Fsp3) is 0.167. The molecule has 2 heterocycles. The Kier molecular flexibility index (Phi) is 5.96. The number of rotatable bonds is 6. The third-order valence-electron chi connectivity index (χ3n) is 4.93. The number of hydrogen-bond acceptors (Lipinski definition) is 5. The van der Waals surface area contributed by atoms with Gasteiger partial charge in [-0.2, -0.15) is 0 Å². The number of carbonyl (C=O) groups excluding carboxylic acids is 2. The molecule has 2 N–H and O–H groups in total. The molecule has 8 heteroatoms. The Balaban J connectivity index is 1.63. The number of fused-ring (bicyclic) bond motifs is 1. The van der Waals surface area contributed by atoms with E-state index >= 15 is 0 Å². The normalized spacial score (nSPS) is 11.0. The molecule has 2 aromatic carbocycles. The van der Waals surface area contributed by atoms with Crippen molar-refractivity contribution in [2.45, 2.75) is 25.9 Å². The van der Waals surface area contributed by atoms with Gasteiger partial charge in [0.25, 0.3) is 5.56 Å². The first kappa shape index (κ1) is 21.6. The van der Waals surface area contributed by atoms with Crippen LogP contribution in [0.3, 0.4) is 0 Å². The maximum absolute atomic E-state index is 13.2. The lowest BCUT2D eigenvalue weighted by Crippen LogP contribution is -2.23. The van der Waals surface area contributed by atoms with Crippen LogP contribution in [0.1, 0.15) is 28.5 Å². The van der Waals surface area contributed by atoms with Gasteiger partial charge in [-0.25, -0.2) is 4.98 Å². The summed E-state index contributed by atoms with van der Waals surface area (Å²) in [6.07, 6.45) is 0. The Labute approximate surface area is 188 Å². The van der Waals surface area contributed by atoms with Crippen LogP contribution in [0.4, 0.5) is 5.69 Å². The minimum absolute atomic E-state index is 0.0531. The van der Waals surface area contributed by atoms with Crippen LogP contribution in [-0.4, -0.2) is 32.0 Å². The van der Waals surface area contributed by atoms with Gasteiger partial charge in [0.2, 0.25) is 5.91 Å². The first-order valence-corrected chi connectivity index (χ1v) is 11.0. The molecular weight excluding hydrogens is 424 g/mol. The monoisotopic (exact) mass is 446 g/mol. The lowest BCUT2D eigenvalue weighted by Gasteiger charge is -2.12. The maximum Gasteiger partial charge on any atom is 0.283 e. The summed E-state index contributed by atoms with van der Waals surface area (Å²) < 4.78 is 1.52. The summed E-state index contributed by atoms with van der Waals surface area (Å²) in [6.45, 7) is 5.32. The van der Waals surface area contributed by atoms with Crippen molar-refractivity contribution in [3.8, 4) is 5.69 Å². The summed E-state index contributed by atoms with van der Waals surface area (Å²) in [5.74, 6) is -0.278. The molecule has 32 heavy (non-hydrogen) atoms. The number of benzene rings is 2. The van der Waals surface area contributed by atoms with Crippen LogP contribution in [-0.2, 0) is 4.79 Å². The number of thioether (sulfide) groups is 1. The number of nitrogens with zero attached hydrogens (tertiary/aromatic N) is 2. The molecule has 0 atom stereocenters. The summed E-state index contributed by atoms with van der Waals surface area (Å²) >= 11 is 1.18. The average molecular weight is 447 g/mol. The van der Waals surface area contributed by atoms with E-state index in [2.05, 4.69) is 15.3 Å². The topological polar surface area (TPSA) is 96.8 Å². The first-order valence-electron chi connectivity index (χ1n) is 10.0. The van der Waals surface area contributed by atoms with Crippen LogP contribution in [0.15, 0.2) is 64.5 Å². The second-order valence-electron chi connectivity index (χ2n) is 7.56. The fourth-order valence-corrected chi connectivity index (χ4v) is 4.15. The number of hydrogen-bond donors (Lipinski definition) is 2. The van der Waals surface area contributed by atoms with Crippen molar-refractivity contribution in [3.63, 3.8) is 0 Å². The van der Waals surface area contributed by atoms with Crippen LogP contribution in [0.25, 0.3) is 16.7 Å². The summed E-state index contributed by atoms with van der Waals surface area (Å²) in [5.41, 5.74) is 4.44. The van der Waals surface area contributed by atoms with Gasteiger partial charge in [0.1, 0.15) is 5.52 Å². The van der Waals surface area contributed by atoms with Gasteiger partial charge in [0.15, 0.2) is 10.9 Å². The number of aromatic amines is 1. The van der Waals surface area contributed by atoms with Gasteiger partial charge in [-0.15, -0.1) is 0 Å². The number of anilines is 1. The van der Waals surface area contributed by atoms with Crippen molar-refractivity contribution in [3.05, 3.63) is 81.8 Å². The summed E-state index contributed by atoms with van der Waals surface area (Å²) in [4.78, 5) is 45.1. The highest BCUT2D eigenvalue weighted by Crippen LogP contribution is 2.22. The van der Waals surface area contributed by atoms with E-state index in [1.807, 2.05) is 44.2 Å². The number of aryl methyl sites for hydroxylation is 2. The summed E-state index contributed by atoms with van der Waals surface area (Å²) in [7, 11) is 0. The zero-order valence-corrected chi connectivity index (χ0v) is 18.7. The van der Waals surface area contributed by atoms with Crippen molar-refractivity contribution in [1.29, 1.82) is 0 Å². The molecule has 7 nitrogen and oxygen atoms in total. The van der Waals surface area contributed by atoms with Gasteiger partial charge in [0, 0.05) is 16.9 Å². The zero-order valence-electron chi connectivity index (χ0n) is 17.9. The molecule has 0 saturated heterocycles. The maximum atomic E-state index is 13.2. The van der Waals surface area contributed by atoms with Crippen LogP contribution in [0.2, 0.25) is 0 Å². The van der Waals surface area contributed by atoms with E-state index in [0.29, 0.717) is 33.1 Å². The van der Waals surface area contributed by atoms with Crippen LogP contribution in [0.5, 0.6) is 0 Å². The molecule has 0 unspecified atom stereocenters. The van der Waals surface area contributed by atoms with E-state index in [4.69, 9.17) is 0 Å². The van der Waals surface area contributed by atoms with Gasteiger partial charge in [-0.3, -0.25) is 19.0 Å². The standard InChI is InChI=1S/C24H22N4O3S/c1-14-7-9-19(10-8-14)28-23(31)22-20(11-15(2)25-22)27-24(28)32-13-21(30)26-18-6-4-5-17(12-18)16(3)29/h4-12,25H,13H2,1-3H3,(H,26,30). The second kappa shape index (κ2) is 8.84. The van der Waals surface area contributed by atoms with E-state index < -0.39 is 0 Å². The van der Waals surface area contributed by atoms with Gasteiger partial charge >= 0.3 is 0 Å². The molecule has 0 fully saturated rings. The average Bonchev–Trinajstić information content (AvgIpc) is 3.14. The van der Waals surface area contributed by atoms with Crippen LogP contribution in [0, 0.1) is 13.8 Å². The minimum Gasteiger partial charge on any atom is -0.353 e. The predicted octanol–water partition coefficient (Wildman–Crippen LogP) is 4.26. The fourth-order valence-electron chi connectivity index (χ4n) is 3.34. The van der Waals surface area contributed by atoms with Crippen LogP contribution >= 0.6 is 11.8 Å². The highest BCUT2D eigenvalue weighted by atomic mass is 32.2. The number of ketones is 1. The molecule has 2 aromatic heterocycles. The lowest BCUT2D eigenvalue weighted by molar-refractivity contribution is -0.113. The largest absolute Gasteiger partial charge is 0.353 e. The van der Waals surface area contributed by atoms with Crippen molar-refractivity contribution in [2.75, 3.05) is 11.1 Å². The Hall–Kier alpha value is -3.65. The molecule has 0 bridgehead atoms. The smallest absolute Gasteiger partial charge is 0.283 e. The molecular formula is C24H22N4O3S. The number of aromatic nitrogens is 3. The third kappa shape index (κ3) is 4.50. The van der Waals surface area contributed by atoms with Gasteiger partial charge < -0.3 is 10.3 Å². The molecule has 0 aliphatic rings.